The Balaban J connectivity index is 2.72. The summed E-state index contributed by atoms with van der Waals surface area (Å²) < 4.78 is 0. The SMILES string of the molecule is CCN(CC)c1ccc(N/C=C(/C#N)C(=O)NCCCl)cc1. The van der Waals surface area contributed by atoms with E-state index in [0.29, 0.717) is 12.4 Å². The number of hydrogen-bond donors (Lipinski definition) is 2. The van der Waals surface area contributed by atoms with Crippen molar-refractivity contribution in [1.82, 2.24) is 5.32 Å². The van der Waals surface area contributed by atoms with Gasteiger partial charge in [-0.1, -0.05) is 0 Å². The molecule has 0 atom stereocenters. The summed E-state index contributed by atoms with van der Waals surface area (Å²) in [7, 11) is 0. The quantitative estimate of drug-likeness (QED) is 0.439. The van der Waals surface area contributed by atoms with Gasteiger partial charge in [0.2, 0.25) is 0 Å². The first-order valence-electron chi connectivity index (χ1n) is 7.22. The summed E-state index contributed by atoms with van der Waals surface area (Å²) in [5.74, 6) is -0.125. The second-order valence-corrected chi connectivity index (χ2v) is 4.86. The number of alkyl halides is 1. The van der Waals surface area contributed by atoms with Crippen LogP contribution in [0.2, 0.25) is 0 Å². The molecule has 22 heavy (non-hydrogen) atoms. The third-order valence-corrected chi connectivity index (χ3v) is 3.31. The third kappa shape index (κ3) is 5.30. The smallest absolute Gasteiger partial charge is 0.263 e. The lowest BCUT2D eigenvalue weighted by Gasteiger charge is -2.21. The standard InChI is InChI=1S/C16H21ClN4O/c1-3-21(4-2)15-7-5-14(6-8-15)20-12-13(11-18)16(22)19-10-9-17/h5-8,12,20H,3-4,9-10H2,1-2H3,(H,19,22)/b13-12-. The van der Waals surface area contributed by atoms with Crippen molar-refractivity contribution in [2.45, 2.75) is 13.8 Å². The highest BCUT2D eigenvalue weighted by molar-refractivity contribution is 6.18. The van der Waals surface area contributed by atoms with Crippen LogP contribution in [0.4, 0.5) is 11.4 Å². The molecule has 0 saturated heterocycles. The summed E-state index contributed by atoms with van der Waals surface area (Å²) in [4.78, 5) is 13.9. The minimum atomic E-state index is -0.435. The molecule has 1 amide bonds. The molecule has 0 aliphatic carbocycles. The van der Waals surface area contributed by atoms with Gasteiger partial charge < -0.3 is 15.5 Å². The number of nitrogens with zero attached hydrogens (tertiary/aromatic N) is 2. The van der Waals surface area contributed by atoms with E-state index in [4.69, 9.17) is 16.9 Å². The molecule has 0 aliphatic heterocycles. The monoisotopic (exact) mass is 320 g/mol. The largest absolute Gasteiger partial charge is 0.372 e. The third-order valence-electron chi connectivity index (χ3n) is 3.12. The van der Waals surface area contributed by atoms with Crippen LogP contribution in [-0.2, 0) is 4.79 Å². The van der Waals surface area contributed by atoms with Crippen LogP contribution >= 0.6 is 11.6 Å². The minimum Gasteiger partial charge on any atom is -0.372 e. The van der Waals surface area contributed by atoms with Gasteiger partial charge >= 0.3 is 0 Å². The lowest BCUT2D eigenvalue weighted by molar-refractivity contribution is -0.117. The molecular weight excluding hydrogens is 300 g/mol. The molecule has 6 heteroatoms. The Morgan fingerprint density at radius 3 is 2.45 bits per heavy atom. The lowest BCUT2D eigenvalue weighted by atomic mass is 10.2. The first-order valence-corrected chi connectivity index (χ1v) is 7.75. The molecule has 0 heterocycles. The molecule has 0 saturated carbocycles. The normalized spacial score (nSPS) is 10.7. The highest BCUT2D eigenvalue weighted by atomic mass is 35.5. The van der Waals surface area contributed by atoms with E-state index in [9.17, 15) is 4.79 Å². The van der Waals surface area contributed by atoms with E-state index in [-0.39, 0.29) is 5.57 Å². The Bertz CT molecular complexity index is 544. The molecule has 2 N–H and O–H groups in total. The maximum atomic E-state index is 11.7. The van der Waals surface area contributed by atoms with Gasteiger partial charge in [-0.05, 0) is 38.1 Å². The van der Waals surface area contributed by atoms with Crippen LogP contribution in [0.5, 0.6) is 0 Å². The number of hydrogen-bond acceptors (Lipinski definition) is 4. The number of carbonyl (C=O) groups excluding carboxylic acids is 1. The number of rotatable bonds is 8. The van der Waals surface area contributed by atoms with Crippen molar-refractivity contribution in [3.63, 3.8) is 0 Å². The van der Waals surface area contributed by atoms with Crippen LogP contribution in [0.15, 0.2) is 36.0 Å². The van der Waals surface area contributed by atoms with Gasteiger partial charge in [0.1, 0.15) is 11.6 Å². The Hall–Kier alpha value is -2.19. The average Bonchev–Trinajstić information content (AvgIpc) is 2.55. The van der Waals surface area contributed by atoms with Crippen molar-refractivity contribution in [2.75, 3.05) is 35.7 Å². The average molecular weight is 321 g/mol. The van der Waals surface area contributed by atoms with Gasteiger partial charge in [0, 0.05) is 43.1 Å². The summed E-state index contributed by atoms with van der Waals surface area (Å²) in [6.45, 7) is 6.44. The molecule has 0 radical (unpaired) electrons. The van der Waals surface area contributed by atoms with Gasteiger partial charge in [-0.25, -0.2) is 0 Å². The van der Waals surface area contributed by atoms with Crippen LogP contribution < -0.4 is 15.5 Å². The van der Waals surface area contributed by atoms with Crippen molar-refractivity contribution >= 4 is 28.9 Å². The maximum absolute atomic E-state index is 11.7. The van der Waals surface area contributed by atoms with E-state index in [1.165, 1.54) is 6.20 Å². The van der Waals surface area contributed by atoms with Crippen molar-refractivity contribution in [3.8, 4) is 6.07 Å². The van der Waals surface area contributed by atoms with Crippen LogP contribution in [0, 0.1) is 11.3 Å². The molecule has 1 aromatic rings. The highest BCUT2D eigenvalue weighted by Gasteiger charge is 2.07. The fourth-order valence-electron chi connectivity index (χ4n) is 1.92. The van der Waals surface area contributed by atoms with Crippen LogP contribution in [-0.4, -0.2) is 31.4 Å². The Morgan fingerprint density at radius 1 is 1.32 bits per heavy atom. The van der Waals surface area contributed by atoms with Crippen LogP contribution in [0.1, 0.15) is 13.8 Å². The van der Waals surface area contributed by atoms with Gasteiger partial charge in [0.25, 0.3) is 5.91 Å². The van der Waals surface area contributed by atoms with Crippen molar-refractivity contribution in [2.24, 2.45) is 0 Å². The lowest BCUT2D eigenvalue weighted by Crippen LogP contribution is -2.26. The first kappa shape index (κ1) is 17.9. The summed E-state index contributed by atoms with van der Waals surface area (Å²) >= 11 is 5.49. The molecule has 0 aromatic heterocycles. The highest BCUT2D eigenvalue weighted by Crippen LogP contribution is 2.17. The minimum absolute atomic E-state index is 0.0120. The van der Waals surface area contributed by atoms with Crippen molar-refractivity contribution < 1.29 is 4.79 Å². The van der Waals surface area contributed by atoms with Gasteiger partial charge in [-0.3, -0.25) is 4.79 Å². The predicted molar refractivity (Wildman–Crippen MR) is 91.1 cm³/mol. The molecular formula is C16H21ClN4O. The second kappa shape index (κ2) is 9.69. The van der Waals surface area contributed by atoms with E-state index < -0.39 is 5.91 Å². The number of halogens is 1. The van der Waals surface area contributed by atoms with E-state index >= 15 is 0 Å². The fourth-order valence-corrected chi connectivity index (χ4v) is 2.01. The molecule has 0 bridgehead atoms. The molecule has 0 aliphatic rings. The summed E-state index contributed by atoms with van der Waals surface area (Å²) in [5, 5.41) is 14.5. The number of anilines is 2. The number of nitrogens with one attached hydrogen (secondary N) is 2. The van der Waals surface area contributed by atoms with Crippen molar-refractivity contribution in [1.29, 1.82) is 5.26 Å². The second-order valence-electron chi connectivity index (χ2n) is 4.48. The van der Waals surface area contributed by atoms with Crippen molar-refractivity contribution in [3.05, 3.63) is 36.0 Å². The molecule has 5 nitrogen and oxygen atoms in total. The Morgan fingerprint density at radius 2 is 1.95 bits per heavy atom. The molecule has 1 aromatic carbocycles. The van der Waals surface area contributed by atoms with Gasteiger partial charge in [-0.2, -0.15) is 5.26 Å². The summed E-state index contributed by atoms with van der Waals surface area (Å²) in [5.41, 5.74) is 1.96. The molecule has 1 rings (SSSR count). The fraction of sp³-hybridized carbons (Fsp3) is 0.375. The Kier molecular flexibility index (Phi) is 7.87. The van der Waals surface area contributed by atoms with Gasteiger partial charge in [0.15, 0.2) is 0 Å². The molecule has 0 unspecified atom stereocenters. The van der Waals surface area contributed by atoms with E-state index in [0.717, 1.165) is 24.5 Å². The predicted octanol–water partition coefficient (Wildman–Crippen LogP) is 2.71. The van der Waals surface area contributed by atoms with Crippen LogP contribution in [0.3, 0.4) is 0 Å². The summed E-state index contributed by atoms with van der Waals surface area (Å²) in [6, 6.07) is 9.69. The van der Waals surface area contributed by atoms with E-state index in [1.54, 1.807) is 0 Å². The zero-order valence-electron chi connectivity index (χ0n) is 12.9. The van der Waals surface area contributed by atoms with Crippen LogP contribution in [0.25, 0.3) is 0 Å². The Labute approximate surface area is 136 Å². The number of benzene rings is 1. The first-order chi connectivity index (χ1) is 10.7. The zero-order chi connectivity index (χ0) is 16.4. The maximum Gasteiger partial charge on any atom is 0.263 e. The molecule has 118 valence electrons. The van der Waals surface area contributed by atoms with E-state index in [2.05, 4.69) is 29.4 Å². The van der Waals surface area contributed by atoms with Gasteiger partial charge in [0.05, 0.1) is 0 Å². The number of nitriles is 1. The summed E-state index contributed by atoms with van der Waals surface area (Å²) in [6.07, 6.45) is 1.40. The number of carbonyl (C=O) groups is 1. The molecule has 0 fully saturated rings. The molecule has 0 spiro atoms. The zero-order valence-corrected chi connectivity index (χ0v) is 13.7. The number of amides is 1. The van der Waals surface area contributed by atoms with E-state index in [1.807, 2.05) is 30.3 Å². The topological polar surface area (TPSA) is 68.2 Å². The van der Waals surface area contributed by atoms with Gasteiger partial charge in [-0.15, -0.1) is 11.6 Å².